The van der Waals surface area contributed by atoms with Crippen LogP contribution in [-0.4, -0.2) is 54.4 Å². The van der Waals surface area contributed by atoms with Crippen LogP contribution in [0.25, 0.3) is 4.96 Å². The number of aryl methyl sites for hydroxylation is 1. The Labute approximate surface area is 141 Å². The maximum absolute atomic E-state index is 13.1. The molecule has 0 spiro atoms. The number of aromatic nitrogens is 5. The predicted molar refractivity (Wildman–Crippen MR) is 86.0 cm³/mol. The quantitative estimate of drug-likeness (QED) is 0.665. The molecular weight excluding hydrogens is 328 g/mol. The van der Waals surface area contributed by atoms with Crippen LogP contribution in [0.3, 0.4) is 0 Å². The number of rotatable bonds is 1. The van der Waals surface area contributed by atoms with Crippen LogP contribution in [0.15, 0.2) is 17.8 Å². The third-order valence-electron chi connectivity index (χ3n) is 4.85. The Morgan fingerprint density at radius 2 is 2.38 bits per heavy atom. The fourth-order valence-electron chi connectivity index (χ4n) is 3.67. The molecule has 3 aromatic heterocycles. The molecule has 2 atom stereocenters. The zero-order valence-electron chi connectivity index (χ0n) is 13.1. The van der Waals surface area contributed by atoms with Crippen molar-refractivity contribution in [3.05, 3.63) is 34.9 Å². The molecule has 0 bridgehead atoms. The smallest absolute Gasteiger partial charge is 0.272 e. The first-order valence-electron chi connectivity index (χ1n) is 7.94. The van der Waals surface area contributed by atoms with E-state index in [4.69, 9.17) is 4.74 Å². The van der Waals surface area contributed by atoms with Gasteiger partial charge in [0.1, 0.15) is 5.69 Å². The van der Waals surface area contributed by atoms with E-state index in [1.165, 1.54) is 11.3 Å². The molecule has 5 heterocycles. The van der Waals surface area contributed by atoms with Gasteiger partial charge in [-0.1, -0.05) is 5.21 Å². The van der Waals surface area contributed by atoms with E-state index in [0.717, 1.165) is 22.8 Å². The van der Waals surface area contributed by atoms with E-state index in [2.05, 4.69) is 15.3 Å². The zero-order valence-corrected chi connectivity index (χ0v) is 13.9. The molecule has 8 nitrogen and oxygen atoms in total. The highest BCUT2D eigenvalue weighted by Gasteiger charge is 2.38. The highest BCUT2D eigenvalue weighted by atomic mass is 32.1. The van der Waals surface area contributed by atoms with Gasteiger partial charge in [0.15, 0.2) is 4.96 Å². The first-order valence-corrected chi connectivity index (χ1v) is 8.82. The number of carbonyl (C=O) groups is 1. The number of ether oxygens (including phenoxy) is 1. The monoisotopic (exact) mass is 344 g/mol. The van der Waals surface area contributed by atoms with Crippen molar-refractivity contribution in [2.75, 3.05) is 13.1 Å². The summed E-state index contributed by atoms with van der Waals surface area (Å²) in [5, 5.41) is 10.1. The highest BCUT2D eigenvalue weighted by molar-refractivity contribution is 7.15. The maximum atomic E-state index is 13.1. The molecule has 1 fully saturated rings. The second-order valence-electron chi connectivity index (χ2n) is 6.23. The van der Waals surface area contributed by atoms with Crippen LogP contribution in [-0.2, 0) is 11.3 Å². The van der Waals surface area contributed by atoms with Crippen molar-refractivity contribution in [3.63, 3.8) is 0 Å². The van der Waals surface area contributed by atoms with Gasteiger partial charge in [-0.25, -0.2) is 9.67 Å². The second kappa shape index (κ2) is 5.12. The van der Waals surface area contributed by atoms with Gasteiger partial charge < -0.3 is 9.64 Å². The van der Waals surface area contributed by atoms with Crippen molar-refractivity contribution in [2.24, 2.45) is 0 Å². The molecule has 0 radical (unpaired) electrons. The fourth-order valence-corrected chi connectivity index (χ4v) is 4.42. The van der Waals surface area contributed by atoms with Gasteiger partial charge in [0.2, 0.25) is 0 Å². The number of hydrogen-bond donors (Lipinski definition) is 0. The Hall–Kier alpha value is -2.26. The highest BCUT2D eigenvalue weighted by Crippen LogP contribution is 2.31. The normalized spacial score (nSPS) is 23.3. The minimum atomic E-state index is 0.0177. The molecule has 0 aliphatic carbocycles. The van der Waals surface area contributed by atoms with E-state index >= 15 is 0 Å². The summed E-state index contributed by atoms with van der Waals surface area (Å²) in [6, 6.07) is 0.0279. The summed E-state index contributed by atoms with van der Waals surface area (Å²) in [5.74, 6) is 0.0177. The number of hydrogen-bond acceptors (Lipinski definition) is 6. The van der Waals surface area contributed by atoms with Crippen molar-refractivity contribution in [3.8, 4) is 0 Å². The van der Waals surface area contributed by atoms with Crippen molar-refractivity contribution < 1.29 is 9.53 Å². The van der Waals surface area contributed by atoms with Gasteiger partial charge in [-0.2, -0.15) is 0 Å². The van der Waals surface area contributed by atoms with E-state index in [-0.39, 0.29) is 18.1 Å². The first kappa shape index (κ1) is 14.1. The van der Waals surface area contributed by atoms with Crippen molar-refractivity contribution in [1.29, 1.82) is 0 Å². The molecule has 1 amide bonds. The van der Waals surface area contributed by atoms with Gasteiger partial charge in [0, 0.05) is 24.7 Å². The van der Waals surface area contributed by atoms with Gasteiger partial charge in [-0.15, -0.1) is 16.4 Å². The minimum absolute atomic E-state index is 0.0177. The summed E-state index contributed by atoms with van der Waals surface area (Å²) >= 11 is 1.54. The Bertz CT molecular complexity index is 928. The molecule has 0 N–H and O–H groups in total. The van der Waals surface area contributed by atoms with E-state index in [0.29, 0.717) is 25.4 Å². The molecule has 1 saturated heterocycles. The summed E-state index contributed by atoms with van der Waals surface area (Å²) < 4.78 is 9.71. The lowest BCUT2D eigenvalue weighted by Gasteiger charge is -2.40. The average Bonchev–Trinajstić information content (AvgIpc) is 3.28. The Kier molecular flexibility index (Phi) is 3.01. The van der Waals surface area contributed by atoms with Gasteiger partial charge in [0.25, 0.3) is 5.91 Å². The van der Waals surface area contributed by atoms with Crippen LogP contribution in [0.4, 0.5) is 0 Å². The second-order valence-corrected chi connectivity index (χ2v) is 7.10. The average molecular weight is 344 g/mol. The maximum Gasteiger partial charge on any atom is 0.272 e. The van der Waals surface area contributed by atoms with Crippen molar-refractivity contribution >= 4 is 22.2 Å². The minimum Gasteiger partial charge on any atom is -0.370 e. The largest absolute Gasteiger partial charge is 0.370 e. The lowest BCUT2D eigenvalue weighted by atomic mass is 10.00. The van der Waals surface area contributed by atoms with E-state index in [9.17, 15) is 4.79 Å². The van der Waals surface area contributed by atoms with Gasteiger partial charge in [0.05, 0.1) is 36.3 Å². The molecule has 2 aliphatic heterocycles. The summed E-state index contributed by atoms with van der Waals surface area (Å²) in [6.07, 6.45) is 4.53. The molecule has 124 valence electrons. The Morgan fingerprint density at radius 3 is 3.29 bits per heavy atom. The molecule has 0 aromatic carbocycles. The Morgan fingerprint density at radius 1 is 1.46 bits per heavy atom. The SMILES string of the molecule is Cc1nc2sccn2c1C(=O)N1CC[C@H]2OCc3cnnn3[C@H]2C1. The molecule has 0 saturated carbocycles. The number of imidazole rings is 1. The molecule has 24 heavy (non-hydrogen) atoms. The van der Waals surface area contributed by atoms with Gasteiger partial charge in [-0.3, -0.25) is 9.20 Å². The molecular formula is C15H16N6O2S. The third-order valence-corrected chi connectivity index (χ3v) is 5.61. The number of piperidine rings is 1. The van der Waals surface area contributed by atoms with Crippen LogP contribution in [0.5, 0.6) is 0 Å². The number of fused-ring (bicyclic) bond motifs is 4. The summed E-state index contributed by atoms with van der Waals surface area (Å²) in [6.45, 7) is 3.69. The summed E-state index contributed by atoms with van der Waals surface area (Å²) in [5.41, 5.74) is 2.39. The van der Waals surface area contributed by atoms with Crippen LogP contribution in [0.1, 0.15) is 34.3 Å². The number of likely N-dealkylation sites (tertiary alicyclic amines) is 1. The zero-order chi connectivity index (χ0) is 16.3. The lowest BCUT2D eigenvalue weighted by molar-refractivity contribution is -0.0605. The van der Waals surface area contributed by atoms with Crippen molar-refractivity contribution in [1.82, 2.24) is 29.3 Å². The third kappa shape index (κ3) is 1.94. The molecule has 3 aromatic rings. The molecule has 5 rings (SSSR count). The number of carbonyl (C=O) groups excluding carboxylic acids is 1. The van der Waals surface area contributed by atoms with Crippen LogP contribution in [0.2, 0.25) is 0 Å². The van der Waals surface area contributed by atoms with Crippen LogP contribution >= 0.6 is 11.3 Å². The Balaban J connectivity index is 1.47. The van der Waals surface area contributed by atoms with Gasteiger partial charge >= 0.3 is 0 Å². The number of amides is 1. The summed E-state index contributed by atoms with van der Waals surface area (Å²) in [4.78, 5) is 20.3. The lowest BCUT2D eigenvalue weighted by Crippen LogP contribution is -2.50. The topological polar surface area (TPSA) is 77.6 Å². The molecule has 0 unspecified atom stereocenters. The molecule has 9 heteroatoms. The van der Waals surface area contributed by atoms with E-state index < -0.39 is 0 Å². The fraction of sp³-hybridized carbons (Fsp3) is 0.467. The standard InChI is InChI=1S/C15H16N6O2S/c1-9-13(20-4-5-24-15(20)17-9)14(22)19-3-2-12-11(7-19)21-10(8-23-12)6-16-18-21/h4-6,11-12H,2-3,7-8H2,1H3/t11-,12+/m0/s1. The number of thiazole rings is 1. The molecule has 2 aliphatic rings. The van der Waals surface area contributed by atoms with E-state index in [1.807, 2.05) is 32.5 Å². The number of nitrogens with zero attached hydrogens (tertiary/aromatic N) is 6. The van der Waals surface area contributed by atoms with Crippen molar-refractivity contribution in [2.45, 2.75) is 32.1 Å². The van der Waals surface area contributed by atoms with E-state index in [1.54, 1.807) is 6.20 Å². The van der Waals surface area contributed by atoms with Crippen LogP contribution in [0, 0.1) is 6.92 Å². The first-order chi connectivity index (χ1) is 11.7. The predicted octanol–water partition coefficient (Wildman–Crippen LogP) is 1.28. The summed E-state index contributed by atoms with van der Waals surface area (Å²) in [7, 11) is 0. The van der Waals surface area contributed by atoms with Gasteiger partial charge in [-0.05, 0) is 13.3 Å². The van der Waals surface area contributed by atoms with Crippen LogP contribution < -0.4 is 0 Å².